The third kappa shape index (κ3) is 3.35. The lowest BCUT2D eigenvalue weighted by Gasteiger charge is -2.14. The average molecular weight is 256 g/mol. The number of hydrogen-bond donors (Lipinski definition) is 2. The first kappa shape index (κ1) is 12.7. The summed E-state index contributed by atoms with van der Waals surface area (Å²) in [5, 5.41) is 13.1. The molecule has 4 heteroatoms. The largest absolute Gasteiger partial charge is 0.506 e. The Labute approximate surface area is 107 Å². The topological polar surface area (TPSA) is 41.5 Å². The van der Waals surface area contributed by atoms with Crippen molar-refractivity contribution in [1.82, 2.24) is 5.32 Å². The summed E-state index contributed by atoms with van der Waals surface area (Å²) in [6.07, 6.45) is 1.48. The fraction of sp³-hybridized carbons (Fsp3) is 0.538. The maximum Gasteiger partial charge on any atom is 0.134 e. The second-order valence-corrected chi connectivity index (χ2v) is 4.95. The van der Waals surface area contributed by atoms with E-state index in [1.807, 2.05) is 6.07 Å². The molecule has 0 spiro atoms. The first-order valence-electron chi connectivity index (χ1n) is 5.96. The Kier molecular flexibility index (Phi) is 4.26. The van der Waals surface area contributed by atoms with Crippen molar-refractivity contribution in [2.45, 2.75) is 26.0 Å². The minimum absolute atomic E-state index is 0.133. The second-order valence-electron chi connectivity index (χ2n) is 4.54. The molecule has 2 unspecified atom stereocenters. The smallest absolute Gasteiger partial charge is 0.134 e. The first-order chi connectivity index (χ1) is 8.16. The highest BCUT2D eigenvalue weighted by atomic mass is 35.5. The summed E-state index contributed by atoms with van der Waals surface area (Å²) in [4.78, 5) is 0. The molecule has 0 aliphatic carbocycles. The van der Waals surface area contributed by atoms with Crippen molar-refractivity contribution in [1.29, 1.82) is 0 Å². The van der Waals surface area contributed by atoms with Crippen LogP contribution in [0.25, 0.3) is 0 Å². The van der Waals surface area contributed by atoms with E-state index in [2.05, 4.69) is 12.2 Å². The lowest BCUT2D eigenvalue weighted by molar-refractivity contribution is 0.105. The molecule has 1 aliphatic heterocycles. The van der Waals surface area contributed by atoms with E-state index < -0.39 is 0 Å². The van der Waals surface area contributed by atoms with Gasteiger partial charge in [-0.1, -0.05) is 17.7 Å². The molecular formula is C13H18ClNO2. The zero-order valence-electron chi connectivity index (χ0n) is 9.95. The van der Waals surface area contributed by atoms with Crippen LogP contribution in [0.15, 0.2) is 18.2 Å². The summed E-state index contributed by atoms with van der Waals surface area (Å²) in [7, 11) is 0. The zero-order chi connectivity index (χ0) is 12.3. The number of halogens is 1. The van der Waals surface area contributed by atoms with Crippen LogP contribution in [0.2, 0.25) is 5.02 Å². The fourth-order valence-electron chi connectivity index (χ4n) is 2.11. The van der Waals surface area contributed by atoms with Gasteiger partial charge in [-0.3, -0.25) is 0 Å². The van der Waals surface area contributed by atoms with Crippen LogP contribution in [0, 0.1) is 5.92 Å². The van der Waals surface area contributed by atoms with Gasteiger partial charge in [-0.2, -0.15) is 0 Å². The summed E-state index contributed by atoms with van der Waals surface area (Å²) in [6, 6.07) is 5.29. The molecule has 0 radical (unpaired) electrons. The lowest BCUT2D eigenvalue weighted by atomic mass is 10.0. The second kappa shape index (κ2) is 5.71. The van der Waals surface area contributed by atoms with Crippen LogP contribution in [0.1, 0.15) is 18.9 Å². The van der Waals surface area contributed by atoms with Crippen molar-refractivity contribution < 1.29 is 9.84 Å². The van der Waals surface area contributed by atoms with Crippen LogP contribution in [0.5, 0.6) is 5.75 Å². The Morgan fingerprint density at radius 2 is 2.35 bits per heavy atom. The molecule has 2 rings (SSSR count). The van der Waals surface area contributed by atoms with Gasteiger partial charge in [0.15, 0.2) is 0 Å². The van der Waals surface area contributed by atoms with Crippen molar-refractivity contribution >= 4 is 11.6 Å². The predicted molar refractivity (Wildman–Crippen MR) is 68.3 cm³/mol. The number of nitrogens with one attached hydrogen (secondary N) is 1. The molecule has 0 saturated carbocycles. The Morgan fingerprint density at radius 1 is 1.53 bits per heavy atom. The van der Waals surface area contributed by atoms with Crippen LogP contribution in [0.3, 0.4) is 0 Å². The molecule has 1 aromatic rings. The third-order valence-electron chi connectivity index (χ3n) is 3.28. The number of phenols is 1. The zero-order valence-corrected chi connectivity index (χ0v) is 10.7. The molecule has 2 N–H and O–H groups in total. The van der Waals surface area contributed by atoms with Gasteiger partial charge in [0.05, 0.1) is 11.1 Å². The van der Waals surface area contributed by atoms with Gasteiger partial charge < -0.3 is 15.2 Å². The van der Waals surface area contributed by atoms with E-state index in [4.69, 9.17) is 16.3 Å². The van der Waals surface area contributed by atoms with E-state index in [1.54, 1.807) is 12.1 Å². The summed E-state index contributed by atoms with van der Waals surface area (Å²) >= 11 is 5.85. The number of phenolic OH excluding ortho intramolecular Hbond substituents is 1. The fourth-order valence-corrected chi connectivity index (χ4v) is 2.31. The van der Waals surface area contributed by atoms with Crippen LogP contribution in [-0.4, -0.2) is 24.4 Å². The summed E-state index contributed by atoms with van der Waals surface area (Å²) in [5.74, 6) is 0.732. The van der Waals surface area contributed by atoms with E-state index in [1.165, 1.54) is 0 Å². The Balaban J connectivity index is 1.79. The maximum atomic E-state index is 9.31. The summed E-state index contributed by atoms with van der Waals surface area (Å²) in [5.41, 5.74) is 1.08. The van der Waals surface area contributed by atoms with E-state index in [-0.39, 0.29) is 5.75 Å². The van der Waals surface area contributed by atoms with Gasteiger partial charge in [-0.15, -0.1) is 0 Å². The minimum atomic E-state index is 0.133. The van der Waals surface area contributed by atoms with E-state index in [0.29, 0.717) is 17.0 Å². The number of rotatable bonds is 4. The molecule has 94 valence electrons. The van der Waals surface area contributed by atoms with E-state index >= 15 is 0 Å². The lowest BCUT2D eigenvalue weighted by Crippen LogP contribution is -2.26. The van der Waals surface area contributed by atoms with Crippen molar-refractivity contribution in [2.24, 2.45) is 5.92 Å². The van der Waals surface area contributed by atoms with Gasteiger partial charge >= 0.3 is 0 Å². The van der Waals surface area contributed by atoms with Gasteiger partial charge in [0, 0.05) is 19.7 Å². The molecule has 1 saturated heterocycles. The van der Waals surface area contributed by atoms with Crippen LogP contribution in [0.4, 0.5) is 0 Å². The molecule has 1 fully saturated rings. The van der Waals surface area contributed by atoms with Crippen LogP contribution >= 0.6 is 11.6 Å². The van der Waals surface area contributed by atoms with Gasteiger partial charge in [-0.25, -0.2) is 0 Å². The first-order valence-corrected chi connectivity index (χ1v) is 6.34. The Bertz CT molecular complexity index is 384. The van der Waals surface area contributed by atoms with Gasteiger partial charge in [0.2, 0.25) is 0 Å². The van der Waals surface area contributed by atoms with Crippen molar-refractivity contribution in [2.75, 3.05) is 13.2 Å². The normalized spacial score (nSPS) is 24.1. The molecule has 2 atom stereocenters. The molecule has 1 aliphatic rings. The molecule has 0 aromatic heterocycles. The molecule has 17 heavy (non-hydrogen) atoms. The SMILES string of the molecule is CC1OCCC1CNCc1ccc(O)c(Cl)c1. The van der Waals surface area contributed by atoms with E-state index in [0.717, 1.165) is 31.7 Å². The highest BCUT2D eigenvalue weighted by Gasteiger charge is 2.23. The van der Waals surface area contributed by atoms with Crippen molar-refractivity contribution in [3.63, 3.8) is 0 Å². The average Bonchev–Trinajstić information content (AvgIpc) is 2.70. The number of ether oxygens (including phenoxy) is 1. The Morgan fingerprint density at radius 3 is 3.00 bits per heavy atom. The van der Waals surface area contributed by atoms with Gasteiger partial charge in [0.1, 0.15) is 5.75 Å². The highest BCUT2D eigenvalue weighted by Crippen LogP contribution is 2.24. The molecule has 1 heterocycles. The number of benzene rings is 1. The van der Waals surface area contributed by atoms with Crippen molar-refractivity contribution in [3.05, 3.63) is 28.8 Å². The molecule has 0 amide bonds. The van der Waals surface area contributed by atoms with Gasteiger partial charge in [0.25, 0.3) is 0 Å². The maximum absolute atomic E-state index is 9.31. The number of aromatic hydroxyl groups is 1. The van der Waals surface area contributed by atoms with Crippen molar-refractivity contribution in [3.8, 4) is 5.75 Å². The van der Waals surface area contributed by atoms with Crippen LogP contribution in [-0.2, 0) is 11.3 Å². The summed E-state index contributed by atoms with van der Waals surface area (Å²) < 4.78 is 5.51. The molecule has 0 bridgehead atoms. The number of hydrogen-bond acceptors (Lipinski definition) is 3. The van der Waals surface area contributed by atoms with Crippen LogP contribution < -0.4 is 5.32 Å². The Hall–Kier alpha value is -0.770. The van der Waals surface area contributed by atoms with Gasteiger partial charge in [-0.05, 0) is 37.0 Å². The quantitative estimate of drug-likeness (QED) is 0.869. The minimum Gasteiger partial charge on any atom is -0.506 e. The third-order valence-corrected chi connectivity index (χ3v) is 3.58. The van der Waals surface area contributed by atoms with E-state index in [9.17, 15) is 5.11 Å². The predicted octanol–water partition coefficient (Wildman–Crippen LogP) is 2.56. The molecular weight excluding hydrogens is 238 g/mol. The highest BCUT2D eigenvalue weighted by molar-refractivity contribution is 6.32. The molecule has 3 nitrogen and oxygen atoms in total. The summed E-state index contributed by atoms with van der Waals surface area (Å²) in [6.45, 7) is 4.72. The molecule has 1 aromatic carbocycles. The monoisotopic (exact) mass is 255 g/mol. The standard InChI is InChI=1S/C13H18ClNO2/c1-9-11(4-5-17-9)8-15-7-10-2-3-13(16)12(14)6-10/h2-3,6,9,11,15-16H,4-5,7-8H2,1H3.